The van der Waals surface area contributed by atoms with Gasteiger partial charge >= 0.3 is 0 Å². The van der Waals surface area contributed by atoms with E-state index in [-0.39, 0.29) is 0 Å². The maximum Gasteiger partial charge on any atom is 0.118 e. The van der Waals surface area contributed by atoms with Crippen LogP contribution in [0.5, 0.6) is 5.75 Å². The van der Waals surface area contributed by atoms with E-state index in [1.165, 1.54) is 0 Å². The van der Waals surface area contributed by atoms with Crippen molar-refractivity contribution in [3.63, 3.8) is 0 Å². The number of hydrogen-bond acceptors (Lipinski definition) is 3. The first-order valence-corrected chi connectivity index (χ1v) is 6.41. The standard InChI is InChI=1S/C13H18ClNO2/c14-12-3-4-13(16)11(10-12)2-1-5-15-6-8-17-9-7-15/h3-4,10,16H,1-2,5-9H2. The Kier molecular flexibility index (Phi) is 4.66. The van der Waals surface area contributed by atoms with Crippen LogP contribution in [0.15, 0.2) is 18.2 Å². The van der Waals surface area contributed by atoms with Crippen molar-refractivity contribution in [3.05, 3.63) is 28.8 Å². The van der Waals surface area contributed by atoms with Crippen LogP contribution >= 0.6 is 11.6 Å². The van der Waals surface area contributed by atoms with Gasteiger partial charge in [-0.2, -0.15) is 0 Å². The third-order valence-corrected chi connectivity index (χ3v) is 3.30. The molecule has 1 heterocycles. The number of hydrogen-bond donors (Lipinski definition) is 1. The van der Waals surface area contributed by atoms with Gasteiger partial charge in [-0.25, -0.2) is 0 Å². The molecule has 1 aromatic rings. The average Bonchev–Trinajstić information content (AvgIpc) is 2.35. The summed E-state index contributed by atoms with van der Waals surface area (Å²) in [6.07, 6.45) is 1.90. The minimum atomic E-state index is 0.344. The van der Waals surface area contributed by atoms with Gasteiger partial charge in [0.25, 0.3) is 0 Å². The molecule has 3 nitrogen and oxygen atoms in total. The fourth-order valence-electron chi connectivity index (χ4n) is 2.07. The Morgan fingerprint density at radius 1 is 1.29 bits per heavy atom. The summed E-state index contributed by atoms with van der Waals surface area (Å²) in [5.41, 5.74) is 0.936. The highest BCUT2D eigenvalue weighted by Gasteiger charge is 2.10. The lowest BCUT2D eigenvalue weighted by molar-refractivity contribution is 0.0374. The van der Waals surface area contributed by atoms with Crippen molar-refractivity contribution in [1.29, 1.82) is 0 Å². The molecule has 1 N–H and O–H groups in total. The molecular formula is C13H18ClNO2. The van der Waals surface area contributed by atoms with Crippen molar-refractivity contribution in [1.82, 2.24) is 4.90 Å². The topological polar surface area (TPSA) is 32.7 Å². The van der Waals surface area contributed by atoms with Crippen LogP contribution in [0, 0.1) is 0 Å². The number of aromatic hydroxyl groups is 1. The summed E-state index contributed by atoms with van der Waals surface area (Å²) in [6, 6.07) is 5.21. The molecule has 1 saturated heterocycles. The van der Waals surface area contributed by atoms with Crippen LogP contribution in [0.3, 0.4) is 0 Å². The molecule has 94 valence electrons. The highest BCUT2D eigenvalue weighted by Crippen LogP contribution is 2.22. The Bertz CT molecular complexity index is 364. The van der Waals surface area contributed by atoms with E-state index in [1.54, 1.807) is 12.1 Å². The lowest BCUT2D eigenvalue weighted by Gasteiger charge is -2.26. The summed E-state index contributed by atoms with van der Waals surface area (Å²) in [7, 11) is 0. The quantitative estimate of drug-likeness (QED) is 0.896. The maximum absolute atomic E-state index is 9.68. The molecule has 0 spiro atoms. The van der Waals surface area contributed by atoms with Gasteiger partial charge in [0.1, 0.15) is 5.75 Å². The fraction of sp³-hybridized carbons (Fsp3) is 0.538. The molecule has 0 aromatic heterocycles. The molecule has 1 fully saturated rings. The number of ether oxygens (including phenoxy) is 1. The van der Waals surface area contributed by atoms with Gasteiger partial charge in [0.15, 0.2) is 0 Å². The van der Waals surface area contributed by atoms with Crippen molar-refractivity contribution in [3.8, 4) is 5.75 Å². The number of morpholine rings is 1. The van der Waals surface area contributed by atoms with Crippen molar-refractivity contribution < 1.29 is 9.84 Å². The molecule has 0 atom stereocenters. The fourth-order valence-corrected chi connectivity index (χ4v) is 2.27. The highest BCUT2D eigenvalue weighted by molar-refractivity contribution is 6.30. The molecule has 0 bridgehead atoms. The second kappa shape index (κ2) is 6.24. The Labute approximate surface area is 107 Å². The molecule has 1 aliphatic rings. The molecule has 0 saturated carbocycles. The van der Waals surface area contributed by atoms with E-state index in [9.17, 15) is 5.11 Å². The summed E-state index contributed by atoms with van der Waals surface area (Å²) < 4.78 is 5.30. The van der Waals surface area contributed by atoms with Crippen molar-refractivity contribution >= 4 is 11.6 Å². The number of aryl methyl sites for hydroxylation is 1. The van der Waals surface area contributed by atoms with E-state index >= 15 is 0 Å². The molecule has 17 heavy (non-hydrogen) atoms. The summed E-state index contributed by atoms with van der Waals surface area (Å²) in [5, 5.41) is 10.4. The van der Waals surface area contributed by atoms with Gasteiger partial charge in [-0.1, -0.05) is 11.6 Å². The zero-order valence-corrected chi connectivity index (χ0v) is 10.6. The van der Waals surface area contributed by atoms with Crippen molar-refractivity contribution in [2.75, 3.05) is 32.8 Å². The van der Waals surface area contributed by atoms with Crippen LogP contribution in [0.25, 0.3) is 0 Å². The third kappa shape index (κ3) is 3.87. The van der Waals surface area contributed by atoms with E-state index in [0.717, 1.165) is 51.3 Å². The molecule has 0 radical (unpaired) electrons. The molecule has 2 rings (SSSR count). The molecule has 0 amide bonds. The van der Waals surface area contributed by atoms with Crippen LogP contribution in [-0.2, 0) is 11.2 Å². The van der Waals surface area contributed by atoms with Crippen LogP contribution in [0.1, 0.15) is 12.0 Å². The van der Waals surface area contributed by atoms with E-state index in [1.807, 2.05) is 6.07 Å². The second-order valence-electron chi connectivity index (χ2n) is 4.33. The SMILES string of the molecule is Oc1ccc(Cl)cc1CCCN1CCOCC1. The monoisotopic (exact) mass is 255 g/mol. The summed E-state index contributed by atoms with van der Waals surface area (Å²) in [4.78, 5) is 2.39. The van der Waals surface area contributed by atoms with Gasteiger partial charge in [0.05, 0.1) is 13.2 Å². The Hall–Kier alpha value is -0.770. The average molecular weight is 256 g/mol. The first kappa shape index (κ1) is 12.7. The number of halogens is 1. The van der Waals surface area contributed by atoms with Gasteiger partial charge in [-0.05, 0) is 43.1 Å². The molecule has 0 unspecified atom stereocenters. The zero-order valence-electron chi connectivity index (χ0n) is 9.86. The highest BCUT2D eigenvalue weighted by atomic mass is 35.5. The normalized spacial score (nSPS) is 17.2. The zero-order chi connectivity index (χ0) is 12.1. The van der Waals surface area contributed by atoms with Crippen LogP contribution in [-0.4, -0.2) is 42.9 Å². The number of nitrogens with zero attached hydrogens (tertiary/aromatic N) is 1. The number of benzene rings is 1. The van der Waals surface area contributed by atoms with E-state index < -0.39 is 0 Å². The van der Waals surface area contributed by atoms with Gasteiger partial charge in [0, 0.05) is 18.1 Å². The maximum atomic E-state index is 9.68. The number of rotatable bonds is 4. The summed E-state index contributed by atoms with van der Waals surface area (Å²) in [6.45, 7) is 4.75. The van der Waals surface area contributed by atoms with Crippen LogP contribution < -0.4 is 0 Å². The lowest BCUT2D eigenvalue weighted by atomic mass is 10.1. The minimum absolute atomic E-state index is 0.344. The van der Waals surface area contributed by atoms with Crippen molar-refractivity contribution in [2.45, 2.75) is 12.8 Å². The first-order valence-electron chi connectivity index (χ1n) is 6.03. The summed E-state index contributed by atoms with van der Waals surface area (Å²) >= 11 is 5.91. The van der Waals surface area contributed by atoms with Gasteiger partial charge in [-0.3, -0.25) is 4.90 Å². The summed E-state index contributed by atoms with van der Waals surface area (Å²) in [5.74, 6) is 0.344. The van der Waals surface area contributed by atoms with Gasteiger partial charge < -0.3 is 9.84 Å². The molecule has 1 aliphatic heterocycles. The largest absolute Gasteiger partial charge is 0.508 e. The number of phenolic OH excluding ortho intramolecular Hbond substituents is 1. The van der Waals surface area contributed by atoms with Gasteiger partial charge in [0.2, 0.25) is 0 Å². The van der Waals surface area contributed by atoms with Crippen molar-refractivity contribution in [2.24, 2.45) is 0 Å². The molecular weight excluding hydrogens is 238 g/mol. The van der Waals surface area contributed by atoms with Crippen LogP contribution in [0.2, 0.25) is 5.02 Å². The van der Waals surface area contributed by atoms with Crippen LogP contribution in [0.4, 0.5) is 0 Å². The molecule has 1 aromatic carbocycles. The van der Waals surface area contributed by atoms with E-state index in [2.05, 4.69) is 4.90 Å². The second-order valence-corrected chi connectivity index (χ2v) is 4.77. The predicted octanol–water partition coefficient (Wildman–Crippen LogP) is 2.31. The molecule has 4 heteroatoms. The first-order chi connectivity index (χ1) is 8.25. The Morgan fingerprint density at radius 3 is 2.82 bits per heavy atom. The Balaban J connectivity index is 1.79. The smallest absolute Gasteiger partial charge is 0.118 e. The Morgan fingerprint density at radius 2 is 2.06 bits per heavy atom. The van der Waals surface area contributed by atoms with Gasteiger partial charge in [-0.15, -0.1) is 0 Å². The third-order valence-electron chi connectivity index (χ3n) is 3.07. The minimum Gasteiger partial charge on any atom is -0.508 e. The lowest BCUT2D eigenvalue weighted by Crippen LogP contribution is -2.36. The van der Waals surface area contributed by atoms with E-state index in [4.69, 9.17) is 16.3 Å². The molecule has 0 aliphatic carbocycles. The predicted molar refractivity (Wildman–Crippen MR) is 68.7 cm³/mol. The van der Waals surface area contributed by atoms with E-state index in [0.29, 0.717) is 10.8 Å². The number of phenols is 1.